The van der Waals surface area contributed by atoms with Gasteiger partial charge in [-0.2, -0.15) is 0 Å². The lowest BCUT2D eigenvalue weighted by Gasteiger charge is -2.31. The van der Waals surface area contributed by atoms with Crippen LogP contribution in [0.15, 0.2) is 18.2 Å². The maximum Gasteiger partial charge on any atom is 0.339 e. The van der Waals surface area contributed by atoms with Crippen molar-refractivity contribution in [2.45, 2.75) is 38.3 Å². The van der Waals surface area contributed by atoms with Gasteiger partial charge >= 0.3 is 5.97 Å². The lowest BCUT2D eigenvalue weighted by molar-refractivity contribution is 0.0216. The number of carbonyl (C=O) groups is 1. The highest BCUT2D eigenvalue weighted by atomic mass is 16.5. The molecule has 0 saturated carbocycles. The average Bonchev–Trinajstić information content (AvgIpc) is 2.87. The minimum absolute atomic E-state index is 0.223. The van der Waals surface area contributed by atoms with Gasteiger partial charge in [0.25, 0.3) is 0 Å². The molecule has 2 aliphatic rings. The third kappa shape index (κ3) is 5.19. The molecule has 3 rings (SSSR count). The molecule has 0 aliphatic carbocycles. The van der Waals surface area contributed by atoms with Crippen LogP contribution in [0.5, 0.6) is 5.75 Å². The van der Waals surface area contributed by atoms with Gasteiger partial charge in [-0.25, -0.2) is 4.79 Å². The molecular weight excluding hydrogens is 332 g/mol. The number of likely N-dealkylation sites (tertiary alicyclic amines) is 1. The second kappa shape index (κ2) is 9.35. The van der Waals surface area contributed by atoms with E-state index in [1.165, 1.54) is 39.5 Å². The summed E-state index contributed by atoms with van der Waals surface area (Å²) >= 11 is 0. The highest BCUT2D eigenvalue weighted by Crippen LogP contribution is 2.22. The molecule has 6 heteroatoms. The van der Waals surface area contributed by atoms with Gasteiger partial charge in [0.2, 0.25) is 0 Å². The second-order valence-corrected chi connectivity index (χ2v) is 7.28. The third-order valence-electron chi connectivity index (χ3n) is 5.25. The van der Waals surface area contributed by atoms with Crippen molar-refractivity contribution in [1.82, 2.24) is 9.80 Å². The molecule has 1 N–H and O–H groups in total. The Balaban J connectivity index is 1.62. The van der Waals surface area contributed by atoms with Crippen molar-refractivity contribution in [3.8, 4) is 5.75 Å². The van der Waals surface area contributed by atoms with Crippen LogP contribution in [0.4, 0.5) is 0 Å². The number of ether oxygens (including phenoxy) is 2. The number of piperidine rings is 1. The van der Waals surface area contributed by atoms with Crippen LogP contribution in [-0.2, 0) is 11.3 Å². The summed E-state index contributed by atoms with van der Waals surface area (Å²) in [5, 5.41) is 9.38. The molecule has 6 nitrogen and oxygen atoms in total. The Morgan fingerprint density at radius 3 is 2.69 bits per heavy atom. The van der Waals surface area contributed by atoms with Gasteiger partial charge in [-0.1, -0.05) is 12.5 Å². The van der Waals surface area contributed by atoms with Crippen LogP contribution < -0.4 is 4.74 Å². The molecule has 1 atom stereocenters. The summed E-state index contributed by atoms with van der Waals surface area (Å²) in [5.41, 5.74) is 1.22. The summed E-state index contributed by atoms with van der Waals surface area (Å²) in [6.45, 7) is 6.78. The molecule has 1 aromatic carbocycles. The molecule has 26 heavy (non-hydrogen) atoms. The van der Waals surface area contributed by atoms with Gasteiger partial charge in [-0.3, -0.25) is 4.90 Å². The van der Waals surface area contributed by atoms with E-state index in [0.29, 0.717) is 5.75 Å². The second-order valence-electron chi connectivity index (χ2n) is 7.28. The number of rotatable bonds is 6. The number of hydrogen-bond donors (Lipinski definition) is 1. The number of carboxylic acids is 1. The molecule has 0 unspecified atom stereocenters. The first kappa shape index (κ1) is 19.1. The van der Waals surface area contributed by atoms with Crippen molar-refractivity contribution >= 4 is 5.97 Å². The first-order chi connectivity index (χ1) is 12.7. The fourth-order valence-electron chi connectivity index (χ4n) is 3.93. The van der Waals surface area contributed by atoms with Crippen LogP contribution in [0, 0.1) is 0 Å². The summed E-state index contributed by atoms with van der Waals surface area (Å²) in [5.74, 6) is -0.547. The minimum atomic E-state index is -0.953. The maximum atomic E-state index is 11.4. The molecular formula is C20H30N2O4. The molecule has 2 fully saturated rings. The predicted octanol–water partition coefficient (Wildman–Crippen LogP) is 2.47. The zero-order chi connectivity index (χ0) is 18.4. The number of methoxy groups -OCH3 is 1. The van der Waals surface area contributed by atoms with Crippen LogP contribution in [-0.4, -0.2) is 73.4 Å². The quantitative estimate of drug-likeness (QED) is 0.839. The van der Waals surface area contributed by atoms with Crippen LogP contribution in [0.1, 0.15) is 41.6 Å². The molecule has 0 bridgehead atoms. The van der Waals surface area contributed by atoms with Crippen LogP contribution in [0.3, 0.4) is 0 Å². The van der Waals surface area contributed by atoms with Gasteiger partial charge in [-0.05, 0) is 50.0 Å². The van der Waals surface area contributed by atoms with E-state index >= 15 is 0 Å². The smallest absolute Gasteiger partial charge is 0.339 e. The summed E-state index contributed by atoms with van der Waals surface area (Å²) in [4.78, 5) is 16.3. The Hall–Kier alpha value is -1.63. The number of benzene rings is 1. The van der Waals surface area contributed by atoms with Crippen LogP contribution in [0.2, 0.25) is 0 Å². The van der Waals surface area contributed by atoms with E-state index in [9.17, 15) is 9.90 Å². The van der Waals surface area contributed by atoms with Gasteiger partial charge < -0.3 is 19.5 Å². The highest BCUT2D eigenvalue weighted by molar-refractivity contribution is 5.91. The van der Waals surface area contributed by atoms with E-state index in [2.05, 4.69) is 9.80 Å². The fraction of sp³-hybridized carbons (Fsp3) is 0.650. The Bertz CT molecular complexity index is 601. The van der Waals surface area contributed by atoms with Crippen molar-refractivity contribution in [3.05, 3.63) is 29.3 Å². The van der Waals surface area contributed by atoms with Crippen molar-refractivity contribution in [2.24, 2.45) is 0 Å². The lowest BCUT2D eigenvalue weighted by atomic mass is 10.1. The third-order valence-corrected chi connectivity index (χ3v) is 5.25. The number of nitrogens with zero attached hydrogens (tertiary/aromatic N) is 2. The molecule has 2 saturated heterocycles. The topological polar surface area (TPSA) is 62.2 Å². The summed E-state index contributed by atoms with van der Waals surface area (Å²) < 4.78 is 11.2. The SMILES string of the molecule is COc1ccc(CN2CCCO[C@H](CN3CCCCC3)C2)cc1C(=O)O. The molecule has 0 amide bonds. The van der Waals surface area contributed by atoms with Gasteiger partial charge in [0.05, 0.1) is 13.2 Å². The summed E-state index contributed by atoms with van der Waals surface area (Å²) in [7, 11) is 1.50. The van der Waals surface area contributed by atoms with Crippen LogP contribution >= 0.6 is 0 Å². The maximum absolute atomic E-state index is 11.4. The molecule has 0 spiro atoms. The molecule has 0 aromatic heterocycles. The monoisotopic (exact) mass is 362 g/mol. The van der Waals surface area contributed by atoms with Gasteiger partial charge in [0, 0.05) is 32.8 Å². The van der Waals surface area contributed by atoms with Gasteiger partial charge in [0.15, 0.2) is 0 Å². The molecule has 144 valence electrons. The lowest BCUT2D eigenvalue weighted by Crippen LogP contribution is -2.42. The van der Waals surface area contributed by atoms with E-state index in [1.807, 2.05) is 6.07 Å². The van der Waals surface area contributed by atoms with Crippen molar-refractivity contribution in [2.75, 3.05) is 46.4 Å². The van der Waals surface area contributed by atoms with Crippen molar-refractivity contribution in [3.63, 3.8) is 0 Å². The number of carboxylic acid groups (broad SMARTS) is 1. The molecule has 2 aliphatic heterocycles. The summed E-state index contributed by atoms with van der Waals surface area (Å²) in [6.07, 6.45) is 5.17. The normalized spacial score (nSPS) is 22.7. The Morgan fingerprint density at radius 1 is 1.19 bits per heavy atom. The standard InChI is InChI=1S/C20H30N2O4/c1-25-19-7-6-16(12-18(19)20(23)24)13-22-10-5-11-26-17(15-22)14-21-8-3-2-4-9-21/h6-7,12,17H,2-5,8-11,13-15H2,1H3,(H,23,24)/t17-/m1/s1. The van der Waals surface area contributed by atoms with Crippen molar-refractivity contribution < 1.29 is 19.4 Å². The van der Waals surface area contributed by atoms with E-state index in [0.717, 1.165) is 44.8 Å². The van der Waals surface area contributed by atoms with E-state index in [4.69, 9.17) is 9.47 Å². The molecule has 0 radical (unpaired) electrons. The predicted molar refractivity (Wildman–Crippen MR) is 99.9 cm³/mol. The van der Waals surface area contributed by atoms with Gasteiger partial charge in [0.1, 0.15) is 11.3 Å². The first-order valence-corrected chi connectivity index (χ1v) is 9.62. The zero-order valence-corrected chi connectivity index (χ0v) is 15.7. The van der Waals surface area contributed by atoms with E-state index < -0.39 is 5.97 Å². The van der Waals surface area contributed by atoms with Gasteiger partial charge in [-0.15, -0.1) is 0 Å². The first-order valence-electron chi connectivity index (χ1n) is 9.62. The Morgan fingerprint density at radius 2 is 1.96 bits per heavy atom. The highest BCUT2D eigenvalue weighted by Gasteiger charge is 2.23. The Labute approximate surface area is 155 Å². The fourth-order valence-corrected chi connectivity index (χ4v) is 3.93. The average molecular weight is 362 g/mol. The van der Waals surface area contributed by atoms with E-state index in [-0.39, 0.29) is 11.7 Å². The molecule has 1 aromatic rings. The number of aromatic carboxylic acids is 1. The molecule has 2 heterocycles. The number of hydrogen-bond acceptors (Lipinski definition) is 5. The largest absolute Gasteiger partial charge is 0.496 e. The zero-order valence-electron chi connectivity index (χ0n) is 15.7. The van der Waals surface area contributed by atoms with E-state index in [1.54, 1.807) is 12.1 Å². The van der Waals surface area contributed by atoms with Crippen LogP contribution in [0.25, 0.3) is 0 Å². The van der Waals surface area contributed by atoms with Crippen molar-refractivity contribution in [1.29, 1.82) is 0 Å². The Kier molecular flexibility index (Phi) is 6.88. The summed E-state index contributed by atoms with van der Waals surface area (Å²) in [6, 6.07) is 5.43. The minimum Gasteiger partial charge on any atom is -0.496 e.